The number of aromatic nitrogens is 2. The van der Waals surface area contributed by atoms with E-state index in [0.717, 1.165) is 23.4 Å². The van der Waals surface area contributed by atoms with Gasteiger partial charge in [0.2, 0.25) is 17.7 Å². The third-order valence-electron chi connectivity index (χ3n) is 5.85. The highest BCUT2D eigenvalue weighted by molar-refractivity contribution is 6.13. The lowest BCUT2D eigenvalue weighted by Gasteiger charge is -2.32. The van der Waals surface area contributed by atoms with Gasteiger partial charge in [0.15, 0.2) is 0 Å². The molecule has 0 radical (unpaired) electrons. The number of nitrogens with zero attached hydrogens (tertiary/aromatic N) is 3. The Kier molecular flexibility index (Phi) is 3.74. The molecular formula is C23H19N5O2. The Balaban J connectivity index is 1.90. The van der Waals surface area contributed by atoms with Crippen molar-refractivity contribution in [2.24, 2.45) is 5.73 Å². The Morgan fingerprint density at radius 1 is 1.23 bits per heavy atom. The van der Waals surface area contributed by atoms with Crippen LogP contribution in [-0.4, -0.2) is 15.7 Å². The Morgan fingerprint density at radius 3 is 2.70 bits per heavy atom. The van der Waals surface area contributed by atoms with Crippen LogP contribution in [0.25, 0.3) is 5.69 Å². The molecule has 7 heteroatoms. The van der Waals surface area contributed by atoms with Gasteiger partial charge in [-0.05, 0) is 31.0 Å². The first-order chi connectivity index (χ1) is 14.5. The van der Waals surface area contributed by atoms with Crippen LogP contribution in [0.5, 0.6) is 5.88 Å². The molecule has 3 aromatic rings. The maximum Gasteiger partial charge on any atom is 0.245 e. The molecule has 1 aromatic heterocycles. The minimum absolute atomic E-state index is 0.0789. The zero-order valence-electron chi connectivity index (χ0n) is 16.6. The standard InChI is InChI=1S/C23H19N5O2/c1-3-14-8-7-11-16-19(14)26-22(29)23(16)17(12-24)20(25)30-21-18(23)13(2)27-28(21)15-9-5-4-6-10-15/h4-11H,3,25H2,1-2H3,(H,26,29)/t23-/m0/s1. The second-order valence-electron chi connectivity index (χ2n) is 7.36. The maximum atomic E-state index is 13.6. The van der Waals surface area contributed by atoms with Crippen LogP contribution in [0.15, 0.2) is 60.0 Å². The van der Waals surface area contributed by atoms with Crippen molar-refractivity contribution in [2.45, 2.75) is 25.7 Å². The molecule has 2 aromatic carbocycles. The summed E-state index contributed by atoms with van der Waals surface area (Å²) in [5.74, 6) is -0.0646. The molecule has 3 N–H and O–H groups in total. The van der Waals surface area contributed by atoms with Crippen molar-refractivity contribution in [3.8, 4) is 17.6 Å². The highest BCUT2D eigenvalue weighted by atomic mass is 16.5. The summed E-state index contributed by atoms with van der Waals surface area (Å²) in [5, 5.41) is 17.7. The number of benzene rings is 2. The zero-order valence-corrected chi connectivity index (χ0v) is 16.6. The number of aryl methyl sites for hydroxylation is 2. The summed E-state index contributed by atoms with van der Waals surface area (Å²) < 4.78 is 7.53. The maximum absolute atomic E-state index is 13.6. The summed E-state index contributed by atoms with van der Waals surface area (Å²) in [7, 11) is 0. The van der Waals surface area contributed by atoms with Gasteiger partial charge in [0.05, 0.1) is 16.9 Å². The molecule has 3 heterocycles. The van der Waals surface area contributed by atoms with Crippen LogP contribution in [0.2, 0.25) is 0 Å². The van der Waals surface area contributed by atoms with Gasteiger partial charge >= 0.3 is 0 Å². The first-order valence-electron chi connectivity index (χ1n) is 9.71. The lowest BCUT2D eigenvalue weighted by Crippen LogP contribution is -2.42. The lowest BCUT2D eigenvalue weighted by atomic mass is 9.69. The number of hydrogen-bond acceptors (Lipinski definition) is 5. The highest BCUT2D eigenvalue weighted by Crippen LogP contribution is 2.55. The number of para-hydroxylation sites is 2. The van der Waals surface area contributed by atoms with Gasteiger partial charge in [-0.1, -0.05) is 43.3 Å². The van der Waals surface area contributed by atoms with Crippen LogP contribution in [-0.2, 0) is 16.6 Å². The van der Waals surface area contributed by atoms with Gasteiger partial charge in [-0.3, -0.25) is 4.79 Å². The lowest BCUT2D eigenvalue weighted by molar-refractivity contribution is -0.118. The molecule has 2 aliphatic rings. The topological polar surface area (TPSA) is 106 Å². The smallest absolute Gasteiger partial charge is 0.245 e. The van der Waals surface area contributed by atoms with Crippen molar-refractivity contribution in [2.75, 3.05) is 5.32 Å². The number of amides is 1. The molecule has 0 fully saturated rings. The minimum atomic E-state index is -1.40. The fourth-order valence-corrected chi connectivity index (χ4v) is 4.56. The summed E-state index contributed by atoms with van der Waals surface area (Å²) in [5.41, 5.74) is 9.23. The van der Waals surface area contributed by atoms with E-state index in [2.05, 4.69) is 16.5 Å². The molecular weight excluding hydrogens is 378 g/mol. The minimum Gasteiger partial charge on any atom is -0.422 e. The van der Waals surface area contributed by atoms with Crippen LogP contribution >= 0.6 is 0 Å². The summed E-state index contributed by atoms with van der Waals surface area (Å²) in [6.07, 6.45) is 0.742. The number of nitrogens with one attached hydrogen (secondary N) is 1. The molecule has 148 valence electrons. The van der Waals surface area contributed by atoms with Crippen LogP contribution < -0.4 is 15.8 Å². The SMILES string of the molecule is CCc1cccc2c1NC(=O)[C@]21C(C#N)=C(N)Oc2c1c(C)nn2-c1ccccc1. The first-order valence-corrected chi connectivity index (χ1v) is 9.71. The predicted molar refractivity (Wildman–Crippen MR) is 111 cm³/mol. The van der Waals surface area contributed by atoms with E-state index in [4.69, 9.17) is 10.5 Å². The first kappa shape index (κ1) is 18.0. The van der Waals surface area contributed by atoms with E-state index >= 15 is 0 Å². The Morgan fingerprint density at radius 2 is 2.00 bits per heavy atom. The third kappa shape index (κ3) is 2.08. The number of ether oxygens (including phenoxy) is 1. The molecule has 30 heavy (non-hydrogen) atoms. The summed E-state index contributed by atoms with van der Waals surface area (Å²) in [6.45, 7) is 3.84. The molecule has 7 nitrogen and oxygen atoms in total. The average molecular weight is 397 g/mol. The number of carbonyl (C=O) groups excluding carboxylic acids is 1. The van der Waals surface area contributed by atoms with Gasteiger partial charge in [-0.25, -0.2) is 4.68 Å². The van der Waals surface area contributed by atoms with Gasteiger partial charge in [0.1, 0.15) is 17.1 Å². The van der Waals surface area contributed by atoms with Gasteiger partial charge in [-0.15, -0.1) is 0 Å². The van der Waals surface area contributed by atoms with Crippen LogP contribution in [0.1, 0.15) is 29.3 Å². The second-order valence-corrected chi connectivity index (χ2v) is 7.36. The van der Waals surface area contributed by atoms with Crippen molar-refractivity contribution < 1.29 is 9.53 Å². The number of rotatable bonds is 2. The number of nitrogens with two attached hydrogens (primary N) is 1. The van der Waals surface area contributed by atoms with E-state index in [-0.39, 0.29) is 17.4 Å². The molecule has 1 amide bonds. The molecule has 1 atom stereocenters. The predicted octanol–water partition coefficient (Wildman–Crippen LogP) is 3.07. The number of hydrogen-bond donors (Lipinski definition) is 2. The largest absolute Gasteiger partial charge is 0.422 e. The summed E-state index contributed by atoms with van der Waals surface area (Å²) in [6, 6.07) is 17.3. The van der Waals surface area contributed by atoms with Crippen LogP contribution in [0.4, 0.5) is 5.69 Å². The zero-order chi connectivity index (χ0) is 21.0. The van der Waals surface area contributed by atoms with Gasteiger partial charge in [0, 0.05) is 11.3 Å². The molecule has 0 unspecified atom stereocenters. The van der Waals surface area contributed by atoms with Crippen LogP contribution in [0, 0.1) is 18.3 Å². The number of nitriles is 1. The highest BCUT2D eigenvalue weighted by Gasteiger charge is 2.59. The Hall–Kier alpha value is -4.05. The monoisotopic (exact) mass is 397 g/mol. The molecule has 1 spiro atoms. The van der Waals surface area contributed by atoms with Crippen molar-refractivity contribution >= 4 is 11.6 Å². The van der Waals surface area contributed by atoms with Gasteiger partial charge < -0.3 is 15.8 Å². The van der Waals surface area contributed by atoms with E-state index in [1.165, 1.54) is 0 Å². The van der Waals surface area contributed by atoms with Crippen molar-refractivity contribution in [1.82, 2.24) is 9.78 Å². The Bertz CT molecular complexity index is 1280. The van der Waals surface area contributed by atoms with E-state index in [1.807, 2.05) is 62.4 Å². The molecule has 0 aliphatic carbocycles. The quantitative estimate of drug-likeness (QED) is 0.691. The van der Waals surface area contributed by atoms with Gasteiger partial charge in [0.25, 0.3) is 0 Å². The molecule has 2 aliphatic heterocycles. The Labute approximate surface area is 173 Å². The third-order valence-corrected chi connectivity index (χ3v) is 5.85. The average Bonchev–Trinajstić information content (AvgIpc) is 3.23. The molecule has 0 bridgehead atoms. The van der Waals surface area contributed by atoms with E-state index in [9.17, 15) is 10.1 Å². The summed E-state index contributed by atoms with van der Waals surface area (Å²) in [4.78, 5) is 13.6. The van der Waals surface area contributed by atoms with E-state index in [1.54, 1.807) is 4.68 Å². The van der Waals surface area contributed by atoms with Crippen LogP contribution in [0.3, 0.4) is 0 Å². The fraction of sp³-hybridized carbons (Fsp3) is 0.174. The second kappa shape index (κ2) is 6.22. The molecule has 0 saturated heterocycles. The summed E-state index contributed by atoms with van der Waals surface area (Å²) >= 11 is 0. The molecule has 5 rings (SSSR count). The number of fused-ring (bicyclic) bond motifs is 4. The fourth-order valence-electron chi connectivity index (χ4n) is 4.56. The number of anilines is 1. The molecule has 0 saturated carbocycles. The van der Waals surface area contributed by atoms with Crippen molar-refractivity contribution in [1.29, 1.82) is 5.26 Å². The normalized spacial score (nSPS) is 19.2. The number of carbonyl (C=O) groups is 1. The van der Waals surface area contributed by atoms with Gasteiger partial charge in [-0.2, -0.15) is 10.4 Å². The van der Waals surface area contributed by atoms with E-state index in [0.29, 0.717) is 22.7 Å². The van der Waals surface area contributed by atoms with Crippen molar-refractivity contribution in [3.05, 3.63) is 82.4 Å². The van der Waals surface area contributed by atoms with Crippen molar-refractivity contribution in [3.63, 3.8) is 0 Å². The van der Waals surface area contributed by atoms with E-state index < -0.39 is 5.41 Å².